The summed E-state index contributed by atoms with van der Waals surface area (Å²) in [6.45, 7) is -1.77. The van der Waals surface area contributed by atoms with Gasteiger partial charge in [0.1, 0.15) is 116 Å². The highest BCUT2D eigenvalue weighted by Crippen LogP contribution is 2.41. The first kappa shape index (κ1) is 75.8. The molecule has 33 heteroatoms. The van der Waals surface area contributed by atoms with Gasteiger partial charge in [-0.2, -0.15) is 0 Å². The van der Waals surface area contributed by atoms with Crippen LogP contribution in [-0.4, -0.2) is 315 Å². The lowest BCUT2D eigenvalue weighted by Crippen LogP contribution is -2.72. The number of hydrogen-bond acceptors (Lipinski definition) is 30. The van der Waals surface area contributed by atoms with Crippen LogP contribution < -0.4 is 16.4 Å². The maximum atomic E-state index is 13.6. The van der Waals surface area contributed by atoms with Crippen molar-refractivity contribution >= 4 is 17.8 Å². The first-order valence-electron chi connectivity index (χ1n) is 30.1. The van der Waals surface area contributed by atoms with Gasteiger partial charge in [0.15, 0.2) is 25.2 Å². The number of aliphatic hydroxyl groups excluding tert-OH is 16. The van der Waals surface area contributed by atoms with Crippen LogP contribution in [0.4, 0.5) is 0 Å². The summed E-state index contributed by atoms with van der Waals surface area (Å²) in [5, 5.41) is 190. The van der Waals surface area contributed by atoms with Crippen LogP contribution in [0, 0.1) is 0 Å². The SMILES string of the molecule is CCCCCCCCCCCCC/C=C/C(O)C(N)COC1OC(CO)C(OC2OC(CO)C(OC3OC(CO)C(O)C(OC4OC(CO)C(O)C(O)C4O)C3NC(C)=O)C(OC3(C(=O)O)CC(O)C(NC(C)=O)C(C(O)C(O)CO)O3)C2O)C(O)C1O. The minimum absolute atomic E-state index is 0.457. The summed E-state index contributed by atoms with van der Waals surface area (Å²) < 4.78 is 58.9. The number of nitrogens with two attached hydrogens (primary N) is 1. The lowest BCUT2D eigenvalue weighted by atomic mass is 9.88. The number of carboxylic acid groups (broad SMARTS) is 1. The Balaban J connectivity index is 1.42. The Labute approximate surface area is 508 Å². The zero-order valence-corrected chi connectivity index (χ0v) is 49.7. The first-order chi connectivity index (χ1) is 41.8. The molecule has 0 aromatic heterocycles. The van der Waals surface area contributed by atoms with E-state index in [1.807, 2.05) is 0 Å². The maximum absolute atomic E-state index is 13.6. The van der Waals surface area contributed by atoms with Crippen molar-refractivity contribution in [2.45, 2.75) is 275 Å². The molecule has 5 heterocycles. The number of aliphatic carboxylic acids is 1. The fourth-order valence-electron chi connectivity index (χ4n) is 11.3. The summed E-state index contributed by atoms with van der Waals surface area (Å²) in [7, 11) is 0. The molecular weight excluding hydrogens is 1180 g/mol. The molecule has 512 valence electrons. The Morgan fingerprint density at radius 3 is 1.64 bits per heavy atom. The summed E-state index contributed by atoms with van der Waals surface area (Å²) in [6, 6.07) is -4.71. The minimum Gasteiger partial charge on any atom is -0.477 e. The molecule has 2 amide bonds. The van der Waals surface area contributed by atoms with Crippen LogP contribution in [0.3, 0.4) is 0 Å². The molecule has 28 atom stereocenters. The smallest absolute Gasteiger partial charge is 0.364 e. The number of carboxylic acids is 1. The summed E-state index contributed by atoms with van der Waals surface area (Å²) in [5.41, 5.74) is 6.20. The van der Waals surface area contributed by atoms with E-state index in [1.165, 1.54) is 51.0 Å². The van der Waals surface area contributed by atoms with Gasteiger partial charge in [0, 0.05) is 20.3 Å². The number of rotatable bonds is 35. The van der Waals surface area contributed by atoms with Crippen LogP contribution in [-0.2, 0) is 61.8 Å². The number of nitrogens with one attached hydrogen (secondary N) is 2. The molecule has 5 fully saturated rings. The van der Waals surface area contributed by atoms with Crippen LogP contribution in [0.1, 0.15) is 104 Å². The lowest BCUT2D eigenvalue weighted by molar-refractivity contribution is -0.403. The van der Waals surface area contributed by atoms with Crippen LogP contribution in [0.5, 0.6) is 0 Å². The minimum atomic E-state index is -3.36. The third-order valence-corrected chi connectivity index (χ3v) is 16.3. The second kappa shape index (κ2) is 36.5. The van der Waals surface area contributed by atoms with E-state index in [9.17, 15) is 101 Å². The van der Waals surface area contributed by atoms with Crippen molar-refractivity contribution in [1.82, 2.24) is 10.6 Å². The molecule has 5 rings (SSSR count). The van der Waals surface area contributed by atoms with Crippen molar-refractivity contribution in [3.63, 3.8) is 0 Å². The molecule has 0 radical (unpaired) electrons. The second-order valence-electron chi connectivity index (χ2n) is 23.1. The van der Waals surface area contributed by atoms with Gasteiger partial charge in [-0.25, -0.2) is 4.79 Å². The molecule has 33 nitrogen and oxygen atoms in total. The predicted octanol–water partition coefficient (Wildman–Crippen LogP) is -7.46. The number of carbonyl (C=O) groups excluding carboxylic acids is 2. The zero-order chi connectivity index (χ0) is 65.2. The molecule has 0 aromatic rings. The highest BCUT2D eigenvalue weighted by molar-refractivity contribution is 5.76. The summed E-state index contributed by atoms with van der Waals surface area (Å²) in [5.74, 6) is -7.28. The molecule has 5 aliphatic heterocycles. The molecular formula is C55H97N3O30. The maximum Gasteiger partial charge on any atom is 0.364 e. The van der Waals surface area contributed by atoms with Crippen LogP contribution in [0.15, 0.2) is 12.2 Å². The summed E-state index contributed by atoms with van der Waals surface area (Å²) in [6.07, 6.45) is -32.9. The standard InChI is InChI=1S/C55H97N3O30/c1-4-5-6-7-8-9-10-11-12-13-14-15-16-17-28(66)27(56)24-79-51-43(75)41(73)45(33(22-62)82-51)84-53-44(76)49(88-55(54(77)78)18-29(67)35(57-25(2)64)48(87-55)37(69)30(68)19-59)46(34(23-63)83-53)85-50-36(58-26(3)65)47(39(71)32(21-61)80-50)86-52-42(74)40(72)38(70)31(20-60)81-52/h16-17,27-53,59-63,66-76H,4-15,18-24,56H2,1-3H3,(H,57,64)(H,58,65)(H,77,78)/b17-16+. The Bertz CT molecular complexity index is 2090. The normalized spacial score (nSPS) is 39.6. The Morgan fingerprint density at radius 2 is 1.07 bits per heavy atom. The third kappa shape index (κ3) is 19.8. The van der Waals surface area contributed by atoms with Crippen molar-refractivity contribution in [2.75, 3.05) is 39.6 Å². The summed E-state index contributed by atoms with van der Waals surface area (Å²) >= 11 is 0. The van der Waals surface area contributed by atoms with E-state index in [1.54, 1.807) is 6.08 Å². The Morgan fingerprint density at radius 1 is 0.580 bits per heavy atom. The quantitative estimate of drug-likeness (QED) is 0.0207. The van der Waals surface area contributed by atoms with Crippen LogP contribution in [0.25, 0.3) is 0 Å². The Kier molecular flexibility index (Phi) is 31.4. The van der Waals surface area contributed by atoms with Crippen LogP contribution >= 0.6 is 0 Å². The molecule has 0 spiro atoms. The highest BCUT2D eigenvalue weighted by atomic mass is 16.8. The lowest BCUT2D eigenvalue weighted by Gasteiger charge is -2.52. The van der Waals surface area contributed by atoms with Gasteiger partial charge in [0.2, 0.25) is 11.8 Å². The number of amides is 2. The van der Waals surface area contributed by atoms with E-state index < -0.39 is 235 Å². The van der Waals surface area contributed by atoms with Gasteiger partial charge in [-0.1, -0.05) is 83.3 Å². The molecule has 5 aliphatic rings. The van der Waals surface area contributed by atoms with Gasteiger partial charge in [0.25, 0.3) is 5.79 Å². The van der Waals surface area contributed by atoms with Crippen LogP contribution in [0.2, 0.25) is 0 Å². The van der Waals surface area contributed by atoms with Crippen molar-refractivity contribution in [3.05, 3.63) is 12.2 Å². The van der Waals surface area contributed by atoms with E-state index >= 15 is 0 Å². The first-order valence-corrected chi connectivity index (χ1v) is 30.1. The fourth-order valence-corrected chi connectivity index (χ4v) is 11.3. The van der Waals surface area contributed by atoms with E-state index in [4.69, 9.17) is 53.1 Å². The second-order valence-corrected chi connectivity index (χ2v) is 23.1. The van der Waals surface area contributed by atoms with Crippen molar-refractivity contribution in [3.8, 4) is 0 Å². The van der Waals surface area contributed by atoms with Gasteiger partial charge in [-0.15, -0.1) is 0 Å². The fraction of sp³-hybridized carbons (Fsp3) is 0.909. The van der Waals surface area contributed by atoms with E-state index in [2.05, 4.69) is 17.6 Å². The third-order valence-electron chi connectivity index (χ3n) is 16.3. The van der Waals surface area contributed by atoms with Gasteiger partial charge in [-0.3, -0.25) is 9.59 Å². The topological polar surface area (TPSA) is 538 Å². The molecule has 0 bridgehead atoms. The molecule has 0 saturated carbocycles. The zero-order valence-electron chi connectivity index (χ0n) is 49.7. The van der Waals surface area contributed by atoms with Crippen molar-refractivity contribution < 1.29 is 149 Å². The summed E-state index contributed by atoms with van der Waals surface area (Å²) in [4.78, 5) is 38.9. The monoisotopic (exact) mass is 1280 g/mol. The van der Waals surface area contributed by atoms with Gasteiger partial charge >= 0.3 is 5.97 Å². The molecule has 0 aliphatic carbocycles. The average Bonchev–Trinajstić information content (AvgIpc) is 1.10. The predicted molar refractivity (Wildman–Crippen MR) is 295 cm³/mol. The molecule has 21 N–H and O–H groups in total. The average molecular weight is 1280 g/mol. The Hall–Kier alpha value is -2.93. The number of unbranched alkanes of at least 4 members (excludes halogenated alkanes) is 11. The largest absolute Gasteiger partial charge is 0.477 e. The number of aliphatic hydroxyl groups is 16. The van der Waals surface area contributed by atoms with Crippen molar-refractivity contribution in [2.24, 2.45) is 5.73 Å². The van der Waals surface area contributed by atoms with Gasteiger partial charge < -0.3 is 151 Å². The molecule has 0 aromatic carbocycles. The van der Waals surface area contributed by atoms with E-state index in [-0.39, 0.29) is 0 Å². The van der Waals surface area contributed by atoms with Crippen molar-refractivity contribution in [1.29, 1.82) is 0 Å². The number of carbonyl (C=O) groups is 3. The highest BCUT2D eigenvalue weighted by Gasteiger charge is 2.62. The van der Waals surface area contributed by atoms with Gasteiger partial charge in [0.05, 0.1) is 63.9 Å². The number of hydrogen-bond donors (Lipinski definition) is 20. The molecule has 88 heavy (non-hydrogen) atoms. The molecule has 28 unspecified atom stereocenters. The van der Waals surface area contributed by atoms with Gasteiger partial charge in [-0.05, 0) is 12.8 Å². The number of ether oxygens (including phenoxy) is 10. The molecule has 5 saturated heterocycles. The number of allylic oxidation sites excluding steroid dienone is 1. The van der Waals surface area contributed by atoms with E-state index in [0.29, 0.717) is 6.42 Å². The van der Waals surface area contributed by atoms with E-state index in [0.717, 1.165) is 39.5 Å².